The van der Waals surface area contributed by atoms with Crippen LogP contribution in [-0.2, 0) is 10.0 Å². The molecule has 116 valence electrons. The van der Waals surface area contributed by atoms with E-state index < -0.39 is 38.0 Å². The zero-order valence-corrected chi connectivity index (χ0v) is 12.3. The Balaban J connectivity index is 2.41. The van der Waals surface area contributed by atoms with Gasteiger partial charge in [0.05, 0.1) is 5.56 Å². The van der Waals surface area contributed by atoms with Gasteiger partial charge in [0.1, 0.15) is 16.5 Å². The molecule has 0 spiro atoms. The molecule has 0 radical (unpaired) electrons. The monoisotopic (exact) mass is 318 g/mol. The number of primary sulfonamides is 1. The highest BCUT2D eigenvalue weighted by Gasteiger charge is 2.27. The number of nitrogens with zero attached hydrogens (tertiary/aromatic N) is 1. The molecule has 1 aromatic carbocycles. The van der Waals surface area contributed by atoms with E-state index in [4.69, 9.17) is 5.14 Å². The third-order valence-electron chi connectivity index (χ3n) is 3.50. The van der Waals surface area contributed by atoms with Gasteiger partial charge in [0.15, 0.2) is 0 Å². The number of hydrogen-bond donors (Lipinski definition) is 1. The van der Waals surface area contributed by atoms with Crippen LogP contribution in [-0.4, -0.2) is 32.3 Å². The van der Waals surface area contributed by atoms with Crippen LogP contribution in [0.4, 0.5) is 8.78 Å². The summed E-state index contributed by atoms with van der Waals surface area (Å²) in [6.45, 7) is 2.89. The van der Waals surface area contributed by atoms with Crippen LogP contribution < -0.4 is 5.14 Å². The summed E-state index contributed by atoms with van der Waals surface area (Å²) in [5.41, 5.74) is -0.477. The number of hydrogen-bond acceptors (Lipinski definition) is 3. The van der Waals surface area contributed by atoms with Crippen molar-refractivity contribution in [1.82, 2.24) is 4.90 Å². The molecular weight excluding hydrogens is 302 g/mol. The predicted octanol–water partition coefficient (Wildman–Crippen LogP) is 1.48. The Labute approximate surface area is 121 Å². The van der Waals surface area contributed by atoms with Gasteiger partial charge in [-0.15, -0.1) is 0 Å². The summed E-state index contributed by atoms with van der Waals surface area (Å²) in [5, 5.41) is 4.86. The Morgan fingerprint density at radius 3 is 2.57 bits per heavy atom. The van der Waals surface area contributed by atoms with Crippen molar-refractivity contribution in [2.75, 3.05) is 13.1 Å². The van der Waals surface area contributed by atoms with Crippen LogP contribution in [0.15, 0.2) is 17.0 Å². The van der Waals surface area contributed by atoms with Crippen molar-refractivity contribution in [2.24, 2.45) is 11.1 Å². The van der Waals surface area contributed by atoms with E-state index >= 15 is 0 Å². The number of benzene rings is 1. The van der Waals surface area contributed by atoms with Crippen LogP contribution >= 0.6 is 0 Å². The molecule has 1 aromatic rings. The lowest BCUT2D eigenvalue weighted by molar-refractivity contribution is 0.0678. The van der Waals surface area contributed by atoms with Crippen molar-refractivity contribution in [2.45, 2.75) is 24.7 Å². The molecule has 1 heterocycles. The molecule has 2 rings (SSSR count). The van der Waals surface area contributed by atoms with E-state index in [0.29, 0.717) is 25.2 Å². The van der Waals surface area contributed by atoms with E-state index in [2.05, 4.69) is 0 Å². The molecule has 2 N–H and O–H groups in total. The Morgan fingerprint density at radius 1 is 1.33 bits per heavy atom. The summed E-state index contributed by atoms with van der Waals surface area (Å²) >= 11 is 0. The number of carbonyl (C=O) groups is 1. The third kappa shape index (κ3) is 3.38. The first-order chi connectivity index (χ1) is 9.70. The highest BCUT2D eigenvalue weighted by molar-refractivity contribution is 7.89. The smallest absolute Gasteiger partial charge is 0.256 e. The lowest BCUT2D eigenvalue weighted by atomic mass is 9.99. The Kier molecular flexibility index (Phi) is 4.29. The van der Waals surface area contributed by atoms with E-state index in [9.17, 15) is 22.0 Å². The van der Waals surface area contributed by atoms with Gasteiger partial charge in [0.2, 0.25) is 10.0 Å². The molecule has 1 atom stereocenters. The molecule has 0 aliphatic carbocycles. The van der Waals surface area contributed by atoms with Crippen LogP contribution in [0.5, 0.6) is 0 Å². The van der Waals surface area contributed by atoms with Crippen LogP contribution in [0.2, 0.25) is 0 Å². The average molecular weight is 318 g/mol. The Hall–Kier alpha value is -1.54. The minimum Gasteiger partial charge on any atom is -0.338 e. The van der Waals surface area contributed by atoms with Crippen molar-refractivity contribution in [1.29, 1.82) is 0 Å². The van der Waals surface area contributed by atoms with Gasteiger partial charge in [-0.25, -0.2) is 22.3 Å². The molecule has 21 heavy (non-hydrogen) atoms. The maximum absolute atomic E-state index is 13.8. The number of likely N-dealkylation sites (tertiary alicyclic amines) is 1. The molecule has 1 saturated heterocycles. The minimum absolute atomic E-state index is 0.281. The van der Waals surface area contributed by atoms with Gasteiger partial charge in [0, 0.05) is 19.2 Å². The van der Waals surface area contributed by atoms with Crippen LogP contribution in [0, 0.1) is 17.6 Å². The summed E-state index contributed by atoms with van der Waals surface area (Å²) in [4.78, 5) is 12.8. The fraction of sp³-hybridized carbons (Fsp3) is 0.462. The average Bonchev–Trinajstić information content (AvgIpc) is 2.36. The molecular formula is C13H16F2N2O3S. The third-order valence-corrected chi connectivity index (χ3v) is 4.43. The molecule has 1 unspecified atom stereocenters. The highest BCUT2D eigenvalue weighted by Crippen LogP contribution is 2.22. The first-order valence-corrected chi connectivity index (χ1v) is 8.06. The topological polar surface area (TPSA) is 80.5 Å². The standard InChI is InChI=1S/C13H16F2N2O3S/c1-8-3-2-4-17(7-8)13(18)9-5-12(21(16,19)20)11(15)6-10(9)14/h5-6,8H,2-4,7H2,1H3,(H2,16,19,20). The number of nitrogens with two attached hydrogens (primary N) is 1. The summed E-state index contributed by atoms with van der Waals surface area (Å²) in [5.74, 6) is -2.77. The Bertz CT molecular complexity index is 676. The minimum atomic E-state index is -4.36. The van der Waals surface area contributed by atoms with Crippen LogP contribution in [0.25, 0.3) is 0 Å². The Morgan fingerprint density at radius 2 is 2.00 bits per heavy atom. The first-order valence-electron chi connectivity index (χ1n) is 6.51. The van der Waals surface area contributed by atoms with Crippen LogP contribution in [0.1, 0.15) is 30.1 Å². The van der Waals surface area contributed by atoms with E-state index in [0.717, 1.165) is 12.8 Å². The zero-order valence-electron chi connectivity index (χ0n) is 11.5. The normalized spacial score (nSPS) is 19.6. The van der Waals surface area contributed by atoms with Gasteiger partial charge in [-0.05, 0) is 24.8 Å². The van der Waals surface area contributed by atoms with E-state index in [1.54, 1.807) is 0 Å². The largest absolute Gasteiger partial charge is 0.338 e. The quantitative estimate of drug-likeness (QED) is 0.897. The predicted molar refractivity (Wildman–Crippen MR) is 72.0 cm³/mol. The van der Waals surface area contributed by atoms with Crippen molar-refractivity contribution in [3.05, 3.63) is 29.3 Å². The molecule has 5 nitrogen and oxygen atoms in total. The molecule has 0 aromatic heterocycles. The number of halogens is 2. The fourth-order valence-electron chi connectivity index (χ4n) is 2.46. The maximum atomic E-state index is 13.8. The van der Waals surface area contributed by atoms with E-state index in [-0.39, 0.29) is 5.92 Å². The van der Waals surface area contributed by atoms with Gasteiger partial charge in [-0.2, -0.15) is 0 Å². The van der Waals surface area contributed by atoms with Gasteiger partial charge < -0.3 is 4.90 Å². The number of rotatable bonds is 2. The maximum Gasteiger partial charge on any atom is 0.256 e. The van der Waals surface area contributed by atoms with Gasteiger partial charge in [0.25, 0.3) is 5.91 Å². The lowest BCUT2D eigenvalue weighted by Crippen LogP contribution is -2.39. The summed E-state index contributed by atoms with van der Waals surface area (Å²) in [6, 6.07) is 1.04. The van der Waals surface area contributed by atoms with E-state index in [1.165, 1.54) is 4.90 Å². The molecule has 1 aliphatic heterocycles. The number of sulfonamides is 1. The first kappa shape index (κ1) is 15.8. The summed E-state index contributed by atoms with van der Waals surface area (Å²) < 4.78 is 49.8. The van der Waals surface area contributed by atoms with Gasteiger partial charge in [-0.1, -0.05) is 6.92 Å². The van der Waals surface area contributed by atoms with Crippen LogP contribution in [0.3, 0.4) is 0 Å². The molecule has 1 fully saturated rings. The SMILES string of the molecule is CC1CCCN(C(=O)c2cc(S(N)(=O)=O)c(F)cc2F)C1. The second-order valence-electron chi connectivity index (χ2n) is 5.31. The molecule has 8 heteroatoms. The highest BCUT2D eigenvalue weighted by atomic mass is 32.2. The molecule has 0 bridgehead atoms. The van der Waals surface area contributed by atoms with Crippen molar-refractivity contribution >= 4 is 15.9 Å². The van der Waals surface area contributed by atoms with E-state index in [1.807, 2.05) is 6.92 Å². The zero-order chi connectivity index (χ0) is 15.8. The molecule has 1 amide bonds. The number of carbonyl (C=O) groups excluding carboxylic acids is 1. The lowest BCUT2D eigenvalue weighted by Gasteiger charge is -2.31. The van der Waals surface area contributed by atoms with Gasteiger partial charge in [-0.3, -0.25) is 4.79 Å². The van der Waals surface area contributed by atoms with Crippen molar-refractivity contribution in [3.8, 4) is 0 Å². The fourth-order valence-corrected chi connectivity index (χ4v) is 3.07. The summed E-state index contributed by atoms with van der Waals surface area (Å²) in [7, 11) is -4.36. The molecule has 0 saturated carbocycles. The second-order valence-corrected chi connectivity index (χ2v) is 6.84. The van der Waals surface area contributed by atoms with Gasteiger partial charge >= 0.3 is 0 Å². The summed E-state index contributed by atoms with van der Waals surface area (Å²) in [6.07, 6.45) is 1.76. The molecule has 1 aliphatic rings. The second kappa shape index (κ2) is 5.69. The van der Waals surface area contributed by atoms with Crippen molar-refractivity contribution in [3.63, 3.8) is 0 Å². The number of piperidine rings is 1. The number of amides is 1. The van der Waals surface area contributed by atoms with Crippen molar-refractivity contribution < 1.29 is 22.0 Å².